The van der Waals surface area contributed by atoms with E-state index in [4.69, 9.17) is 0 Å². The molecule has 2 aromatic carbocycles. The fourth-order valence-electron chi connectivity index (χ4n) is 3.38. The highest BCUT2D eigenvalue weighted by Crippen LogP contribution is 2.43. The first-order valence-electron chi connectivity index (χ1n) is 8.73. The Hall–Kier alpha value is -3.69. The number of para-hydroxylation sites is 1. The third kappa shape index (κ3) is 3.43. The minimum Gasteiger partial charge on any atom is -0.284 e. The number of fused-ring (bicyclic) bond motifs is 3. The number of aromatic nitrogens is 2. The maximum Gasteiger partial charge on any atom is 0.454 e. The quantitative estimate of drug-likeness (QED) is 0.309. The van der Waals surface area contributed by atoms with Crippen molar-refractivity contribution < 1.29 is 35.9 Å². The summed E-state index contributed by atoms with van der Waals surface area (Å²) in [5, 5.41) is 4.25. The van der Waals surface area contributed by atoms with Gasteiger partial charge in [0.25, 0.3) is 11.6 Å². The lowest BCUT2D eigenvalue weighted by Gasteiger charge is -2.17. The Morgan fingerprint density at radius 1 is 0.742 bits per heavy atom. The van der Waals surface area contributed by atoms with Gasteiger partial charge in [0.1, 0.15) is 0 Å². The number of Topliss-reactive ketones (excluding diaryl/α,β-unsaturated/α-hetero) is 2. The van der Waals surface area contributed by atoms with Crippen LogP contribution in [0.2, 0.25) is 0 Å². The molecule has 0 N–H and O–H groups in total. The molecule has 0 fully saturated rings. The molecule has 158 valence electrons. The number of benzene rings is 2. The summed E-state index contributed by atoms with van der Waals surface area (Å²) >= 11 is 0. The molecule has 0 saturated heterocycles. The van der Waals surface area contributed by atoms with Crippen LogP contribution < -0.4 is 0 Å². The van der Waals surface area contributed by atoms with Gasteiger partial charge >= 0.3 is 12.4 Å². The topological polar surface area (TPSA) is 52.0 Å². The van der Waals surface area contributed by atoms with Crippen LogP contribution in [0.1, 0.15) is 20.7 Å². The van der Waals surface area contributed by atoms with Gasteiger partial charge in [-0.05, 0) is 24.3 Å². The van der Waals surface area contributed by atoms with Crippen molar-refractivity contribution in [2.45, 2.75) is 12.4 Å². The van der Waals surface area contributed by atoms with Crippen molar-refractivity contribution in [3.05, 3.63) is 71.8 Å². The second-order valence-corrected chi connectivity index (χ2v) is 6.61. The van der Waals surface area contributed by atoms with E-state index in [0.717, 1.165) is 4.68 Å². The molecule has 2 aromatic rings. The molecule has 0 amide bonds. The van der Waals surface area contributed by atoms with Crippen molar-refractivity contribution in [2.24, 2.45) is 0 Å². The predicted octanol–water partition coefficient (Wildman–Crippen LogP) is 5.62. The highest BCUT2D eigenvalue weighted by Gasteiger charge is 2.47. The van der Waals surface area contributed by atoms with Gasteiger partial charge < -0.3 is 0 Å². The number of alkyl halides is 6. The van der Waals surface area contributed by atoms with Gasteiger partial charge in [0.05, 0.1) is 22.5 Å². The average molecular weight is 436 g/mol. The molecule has 1 aliphatic carbocycles. The molecule has 0 bridgehead atoms. The molecule has 10 heteroatoms. The van der Waals surface area contributed by atoms with Crippen molar-refractivity contribution in [1.29, 1.82) is 0 Å². The van der Waals surface area contributed by atoms with Gasteiger partial charge in [-0.3, -0.25) is 9.59 Å². The molecule has 0 aromatic heterocycles. The maximum atomic E-state index is 13.3. The minimum absolute atomic E-state index is 0.0125. The molecular weight excluding hydrogens is 426 g/mol. The number of halogens is 6. The lowest BCUT2D eigenvalue weighted by molar-refractivity contribution is -0.0885. The third-order valence-electron chi connectivity index (χ3n) is 4.65. The van der Waals surface area contributed by atoms with Gasteiger partial charge in [-0.25, -0.2) is 4.68 Å². The summed E-state index contributed by atoms with van der Waals surface area (Å²) in [5.74, 6) is -4.73. The first kappa shape index (κ1) is 20.6. The summed E-state index contributed by atoms with van der Waals surface area (Å²) in [6.07, 6.45) is -10.7. The Kier molecular flexibility index (Phi) is 4.60. The number of rotatable bonds is 3. The van der Waals surface area contributed by atoms with Crippen molar-refractivity contribution in [3.63, 3.8) is 0 Å². The van der Waals surface area contributed by atoms with Gasteiger partial charge in [-0.1, -0.05) is 36.4 Å². The predicted molar refractivity (Wildman–Crippen MR) is 98.5 cm³/mol. The molecule has 0 atom stereocenters. The molecule has 31 heavy (non-hydrogen) atoms. The highest BCUT2D eigenvalue weighted by atomic mass is 19.4. The number of nitrogens with zero attached hydrogens (tertiary/aromatic N) is 2. The normalized spacial score (nSPS) is 12.5. The van der Waals surface area contributed by atoms with Crippen LogP contribution in [0, 0.1) is 0 Å². The zero-order valence-corrected chi connectivity index (χ0v) is 15.3. The molecule has 0 saturated carbocycles. The van der Waals surface area contributed by atoms with E-state index < -0.39 is 46.3 Å². The monoisotopic (exact) mass is 436 g/mol. The summed E-state index contributed by atoms with van der Waals surface area (Å²) < 4.78 is 80.5. The Labute approximate surface area is 170 Å². The van der Waals surface area contributed by atoms with E-state index in [1.807, 2.05) is 0 Å². The first-order chi connectivity index (χ1) is 14.5. The van der Waals surface area contributed by atoms with E-state index in [9.17, 15) is 35.9 Å². The number of hydrogen-bond acceptors (Lipinski definition) is 3. The van der Waals surface area contributed by atoms with Crippen molar-refractivity contribution in [2.75, 3.05) is 0 Å². The van der Waals surface area contributed by atoms with E-state index in [1.165, 1.54) is 36.4 Å². The van der Waals surface area contributed by atoms with Gasteiger partial charge in [-0.15, -0.1) is 0 Å². The molecule has 4 nitrogen and oxygen atoms in total. The van der Waals surface area contributed by atoms with Gasteiger partial charge in [0, 0.05) is 16.5 Å². The van der Waals surface area contributed by atoms with Crippen LogP contribution >= 0.6 is 0 Å². The Morgan fingerprint density at radius 2 is 1.29 bits per heavy atom. The molecule has 4 rings (SSSR count). The Balaban J connectivity index is 2.19. The summed E-state index contributed by atoms with van der Waals surface area (Å²) in [5.41, 5.74) is -2.75. The smallest absolute Gasteiger partial charge is 0.284 e. The summed E-state index contributed by atoms with van der Waals surface area (Å²) in [6, 6.07) is 13.7. The maximum absolute atomic E-state index is 13.3. The SMILES string of the molecule is O=C(c1cc(C(=O)C(F)(F)F)c2n(-c3ccccc3)nc3ccccc3c1-2)C(F)(F)F. The van der Waals surface area contributed by atoms with Gasteiger partial charge in [0.15, 0.2) is 0 Å². The Bertz CT molecular complexity index is 1290. The zero-order valence-electron chi connectivity index (χ0n) is 15.3. The number of ketones is 2. The number of carbonyl (C=O) groups excluding carboxylic acids is 2. The van der Waals surface area contributed by atoms with E-state index in [1.54, 1.807) is 18.2 Å². The van der Waals surface area contributed by atoms with E-state index in [2.05, 4.69) is 5.10 Å². The standard InChI is InChI=1S/C21H10F6N2O2/c22-20(23,24)18(30)13-10-14(19(31)21(25,26)27)17-16(13)12-8-4-5-9-15(12)28-29(17)11-6-2-1-3-7-11/h1-10H. The highest BCUT2D eigenvalue weighted by molar-refractivity contribution is 6.18. The number of carbonyl (C=O) groups is 2. The second kappa shape index (κ2) is 6.93. The molecule has 1 aliphatic heterocycles. The summed E-state index contributed by atoms with van der Waals surface area (Å²) in [6.45, 7) is 0. The molecule has 2 aliphatic rings. The van der Waals surface area contributed by atoms with Crippen LogP contribution in [0.5, 0.6) is 0 Å². The summed E-state index contributed by atoms with van der Waals surface area (Å²) in [7, 11) is 0. The average Bonchev–Trinajstić information content (AvgIpc) is 3.11. The van der Waals surface area contributed by atoms with Crippen LogP contribution in [0.4, 0.5) is 26.3 Å². The second-order valence-electron chi connectivity index (χ2n) is 6.61. The minimum atomic E-state index is -5.38. The largest absolute Gasteiger partial charge is 0.454 e. The van der Waals surface area contributed by atoms with Crippen LogP contribution in [0.15, 0.2) is 60.7 Å². The Morgan fingerprint density at radius 3 is 1.90 bits per heavy atom. The molecule has 0 unspecified atom stereocenters. The molecular formula is C21H10F6N2O2. The van der Waals surface area contributed by atoms with Crippen molar-refractivity contribution in [3.8, 4) is 16.9 Å². The van der Waals surface area contributed by atoms with Gasteiger partial charge in [-0.2, -0.15) is 31.4 Å². The van der Waals surface area contributed by atoms with Crippen molar-refractivity contribution in [1.82, 2.24) is 9.78 Å². The van der Waals surface area contributed by atoms with Crippen molar-refractivity contribution >= 4 is 22.5 Å². The molecule has 0 radical (unpaired) electrons. The van der Waals surface area contributed by atoms with E-state index in [0.29, 0.717) is 6.07 Å². The van der Waals surface area contributed by atoms with Crippen LogP contribution in [-0.4, -0.2) is 33.7 Å². The van der Waals surface area contributed by atoms with Crippen LogP contribution in [0.25, 0.3) is 27.8 Å². The fraction of sp³-hybridized carbons (Fsp3) is 0.0952. The first-order valence-corrected chi connectivity index (χ1v) is 8.73. The summed E-state index contributed by atoms with van der Waals surface area (Å²) in [4.78, 5) is 24.2. The van der Waals surface area contributed by atoms with E-state index >= 15 is 0 Å². The van der Waals surface area contributed by atoms with Crippen LogP contribution in [0.3, 0.4) is 0 Å². The van der Waals surface area contributed by atoms with Crippen LogP contribution in [-0.2, 0) is 0 Å². The molecule has 1 heterocycles. The lowest BCUT2D eigenvalue weighted by atomic mass is 10.0. The lowest BCUT2D eigenvalue weighted by Crippen LogP contribution is -2.24. The zero-order chi connectivity index (χ0) is 22.6. The van der Waals surface area contributed by atoms with E-state index in [-0.39, 0.29) is 16.6 Å². The molecule has 0 spiro atoms. The fourth-order valence-corrected chi connectivity index (χ4v) is 3.38. The third-order valence-corrected chi connectivity index (χ3v) is 4.65. The van der Waals surface area contributed by atoms with Gasteiger partial charge in [0.2, 0.25) is 0 Å². The number of hydrogen-bond donors (Lipinski definition) is 0.